The van der Waals surface area contributed by atoms with Gasteiger partial charge in [0.05, 0.1) is 25.4 Å². The van der Waals surface area contributed by atoms with Gasteiger partial charge in [-0.1, -0.05) is 391 Å². The van der Waals surface area contributed by atoms with Crippen molar-refractivity contribution in [2.45, 2.75) is 450 Å². The van der Waals surface area contributed by atoms with Crippen LogP contribution in [0.5, 0.6) is 0 Å². The lowest BCUT2D eigenvalue weighted by atomic mass is 10.0. The number of hydrogen-bond acceptors (Lipinski definition) is 5. The van der Waals surface area contributed by atoms with Crippen molar-refractivity contribution in [3.63, 3.8) is 0 Å². The molecule has 0 saturated heterocycles. The van der Waals surface area contributed by atoms with Gasteiger partial charge in [0, 0.05) is 12.8 Å². The third-order valence-electron chi connectivity index (χ3n) is 18.2. The monoisotopic (exact) mass is 1180 g/mol. The van der Waals surface area contributed by atoms with E-state index in [1.165, 1.54) is 366 Å². The minimum absolute atomic E-state index is 0.0168. The number of carbonyl (C=O) groups excluding carboxylic acids is 2. The zero-order valence-electron chi connectivity index (χ0n) is 57.2. The smallest absolute Gasteiger partial charge is 0.305 e. The molecule has 3 N–H and O–H groups in total. The highest BCUT2D eigenvalue weighted by Crippen LogP contribution is 2.20. The topological polar surface area (TPSA) is 95.9 Å². The SMILES string of the molecule is CCCCCCCC/C=C\CCCCCCCCCC(=O)OCCCCCCCCCCCCCCCCCCCCCCCCCCCCCCCC(=O)NC(CO)C(O)/C=C/CCCCCCCCCCCCCCCCCCCCC. The van der Waals surface area contributed by atoms with Crippen molar-refractivity contribution < 1.29 is 24.5 Å². The van der Waals surface area contributed by atoms with Gasteiger partial charge in [0.15, 0.2) is 0 Å². The van der Waals surface area contributed by atoms with Crippen LogP contribution in [0.4, 0.5) is 0 Å². The van der Waals surface area contributed by atoms with Crippen LogP contribution in [0.2, 0.25) is 0 Å². The molecule has 0 aliphatic rings. The van der Waals surface area contributed by atoms with Gasteiger partial charge in [-0.25, -0.2) is 0 Å². The summed E-state index contributed by atoms with van der Waals surface area (Å²) in [5.74, 6) is -0.0430. The van der Waals surface area contributed by atoms with Gasteiger partial charge in [0.2, 0.25) is 5.91 Å². The minimum Gasteiger partial charge on any atom is -0.466 e. The summed E-state index contributed by atoms with van der Waals surface area (Å²) in [4.78, 5) is 24.6. The molecule has 6 heteroatoms. The first kappa shape index (κ1) is 82.3. The number of esters is 1. The number of carbonyl (C=O) groups is 2. The van der Waals surface area contributed by atoms with Gasteiger partial charge in [0.1, 0.15) is 0 Å². The molecule has 2 atom stereocenters. The van der Waals surface area contributed by atoms with Crippen LogP contribution in [-0.4, -0.2) is 47.4 Å². The van der Waals surface area contributed by atoms with Gasteiger partial charge in [-0.3, -0.25) is 9.59 Å². The Labute approximate surface area is 526 Å². The molecule has 0 heterocycles. The van der Waals surface area contributed by atoms with Gasteiger partial charge in [-0.2, -0.15) is 0 Å². The molecule has 1 amide bonds. The summed E-state index contributed by atoms with van der Waals surface area (Å²) < 4.78 is 5.51. The molecule has 0 bridgehead atoms. The Kier molecular flexibility index (Phi) is 72.3. The zero-order valence-corrected chi connectivity index (χ0v) is 57.2. The number of aliphatic hydroxyl groups is 2. The van der Waals surface area contributed by atoms with Crippen molar-refractivity contribution in [3.05, 3.63) is 24.3 Å². The Morgan fingerprint density at radius 1 is 0.321 bits per heavy atom. The molecule has 0 radical (unpaired) electrons. The molecular formula is C78H151NO5. The lowest BCUT2D eigenvalue weighted by Crippen LogP contribution is -2.45. The molecular weight excluding hydrogens is 1030 g/mol. The maximum absolute atomic E-state index is 12.5. The number of amides is 1. The Bertz CT molecular complexity index is 1320. The predicted octanol–water partition coefficient (Wildman–Crippen LogP) is 25.3. The number of aliphatic hydroxyl groups excluding tert-OH is 2. The fraction of sp³-hybridized carbons (Fsp3) is 0.923. The van der Waals surface area contributed by atoms with E-state index in [-0.39, 0.29) is 18.5 Å². The summed E-state index contributed by atoms with van der Waals surface area (Å²) >= 11 is 0. The number of ether oxygens (including phenoxy) is 1. The predicted molar refractivity (Wildman–Crippen MR) is 370 cm³/mol. The largest absolute Gasteiger partial charge is 0.466 e. The zero-order chi connectivity index (χ0) is 60.6. The van der Waals surface area contributed by atoms with E-state index >= 15 is 0 Å². The second-order valence-corrected chi connectivity index (χ2v) is 26.7. The summed E-state index contributed by atoms with van der Waals surface area (Å²) in [6.45, 7) is 4.95. The van der Waals surface area contributed by atoms with E-state index in [1.54, 1.807) is 6.08 Å². The number of rotatable bonds is 73. The van der Waals surface area contributed by atoms with Crippen LogP contribution >= 0.6 is 0 Å². The lowest BCUT2D eigenvalue weighted by Gasteiger charge is -2.20. The highest BCUT2D eigenvalue weighted by Gasteiger charge is 2.18. The first-order chi connectivity index (χ1) is 41.5. The van der Waals surface area contributed by atoms with Crippen LogP contribution in [0.25, 0.3) is 0 Å². The van der Waals surface area contributed by atoms with Crippen molar-refractivity contribution >= 4 is 11.9 Å². The maximum atomic E-state index is 12.5. The van der Waals surface area contributed by atoms with Crippen molar-refractivity contribution in [3.8, 4) is 0 Å². The third-order valence-corrected chi connectivity index (χ3v) is 18.2. The van der Waals surface area contributed by atoms with E-state index in [1.807, 2.05) is 6.08 Å². The normalized spacial score (nSPS) is 12.6. The fourth-order valence-corrected chi connectivity index (χ4v) is 12.3. The molecule has 0 fully saturated rings. The van der Waals surface area contributed by atoms with E-state index in [4.69, 9.17) is 4.74 Å². The number of nitrogens with one attached hydrogen (secondary N) is 1. The van der Waals surface area contributed by atoms with Gasteiger partial charge in [-0.15, -0.1) is 0 Å². The van der Waals surface area contributed by atoms with Crippen LogP contribution < -0.4 is 5.32 Å². The Morgan fingerprint density at radius 2 is 0.560 bits per heavy atom. The summed E-state index contributed by atoms with van der Waals surface area (Å²) in [6, 6.07) is -0.626. The van der Waals surface area contributed by atoms with Crippen molar-refractivity contribution in [1.82, 2.24) is 5.32 Å². The molecule has 498 valence electrons. The second kappa shape index (κ2) is 73.8. The summed E-state index contributed by atoms with van der Waals surface area (Å²) in [7, 11) is 0. The molecule has 2 unspecified atom stereocenters. The quantitative estimate of drug-likeness (QED) is 0.0320. The van der Waals surface area contributed by atoms with Crippen LogP contribution in [0.3, 0.4) is 0 Å². The van der Waals surface area contributed by atoms with Crippen molar-refractivity contribution in [2.24, 2.45) is 0 Å². The summed E-state index contributed by atoms with van der Waals surface area (Å²) in [6.07, 6.45) is 94.3. The highest BCUT2D eigenvalue weighted by atomic mass is 16.5. The molecule has 0 aromatic rings. The van der Waals surface area contributed by atoms with E-state index < -0.39 is 12.1 Å². The molecule has 0 spiro atoms. The van der Waals surface area contributed by atoms with Gasteiger partial charge in [-0.05, 0) is 57.8 Å². The van der Waals surface area contributed by atoms with Crippen molar-refractivity contribution in [2.75, 3.05) is 13.2 Å². The molecule has 0 aliphatic heterocycles. The molecule has 84 heavy (non-hydrogen) atoms. The highest BCUT2D eigenvalue weighted by molar-refractivity contribution is 5.76. The first-order valence-corrected chi connectivity index (χ1v) is 38.6. The van der Waals surface area contributed by atoms with Gasteiger partial charge in [0.25, 0.3) is 0 Å². The van der Waals surface area contributed by atoms with E-state index in [0.29, 0.717) is 19.4 Å². The molecule has 0 saturated carbocycles. The fourth-order valence-electron chi connectivity index (χ4n) is 12.3. The minimum atomic E-state index is -0.843. The number of unbranched alkanes of at least 4 members (excludes halogenated alkanes) is 60. The molecule has 0 rings (SSSR count). The van der Waals surface area contributed by atoms with E-state index in [2.05, 4.69) is 31.3 Å². The third kappa shape index (κ3) is 69.4. The van der Waals surface area contributed by atoms with Crippen LogP contribution in [-0.2, 0) is 14.3 Å². The molecule has 0 aromatic carbocycles. The standard InChI is InChI=1S/C78H151NO5/c1-3-5-7-9-11-13-15-17-19-21-22-32-35-39-42-46-50-54-58-62-66-70-76(81)75(74-80)79-77(82)71-67-63-59-55-51-47-43-40-36-33-30-28-26-24-23-25-27-29-31-34-37-41-45-49-53-57-61-65-69-73-84-78(83)72-68-64-60-56-52-48-44-38-20-18-16-14-12-10-8-6-4-2/h18,20,66,70,75-76,80-81H,3-17,19,21-65,67-69,71-74H2,1-2H3,(H,79,82)/b20-18-,70-66+. The van der Waals surface area contributed by atoms with Crippen LogP contribution in [0, 0.1) is 0 Å². The average Bonchev–Trinajstić information content (AvgIpc) is 3.51. The Hall–Kier alpha value is -1.66. The number of hydrogen-bond donors (Lipinski definition) is 3. The molecule has 0 aliphatic carbocycles. The number of allylic oxidation sites excluding steroid dienone is 3. The van der Waals surface area contributed by atoms with Gasteiger partial charge < -0.3 is 20.3 Å². The van der Waals surface area contributed by atoms with Crippen LogP contribution in [0.1, 0.15) is 438 Å². The Balaban J connectivity index is 3.35. The second-order valence-electron chi connectivity index (χ2n) is 26.7. The van der Waals surface area contributed by atoms with E-state index in [0.717, 1.165) is 44.9 Å². The van der Waals surface area contributed by atoms with Crippen LogP contribution in [0.15, 0.2) is 24.3 Å². The summed E-state index contributed by atoms with van der Waals surface area (Å²) in [5.41, 5.74) is 0. The lowest BCUT2D eigenvalue weighted by molar-refractivity contribution is -0.143. The van der Waals surface area contributed by atoms with Gasteiger partial charge >= 0.3 is 5.97 Å². The maximum Gasteiger partial charge on any atom is 0.305 e. The first-order valence-electron chi connectivity index (χ1n) is 38.6. The molecule has 6 nitrogen and oxygen atoms in total. The molecule has 0 aromatic heterocycles. The average molecular weight is 1180 g/mol. The van der Waals surface area contributed by atoms with Crippen molar-refractivity contribution in [1.29, 1.82) is 0 Å². The van der Waals surface area contributed by atoms with E-state index in [9.17, 15) is 19.8 Å². The Morgan fingerprint density at radius 3 is 0.845 bits per heavy atom. The summed E-state index contributed by atoms with van der Waals surface area (Å²) in [5, 5.41) is 23.3.